The van der Waals surface area contributed by atoms with E-state index in [0.29, 0.717) is 16.9 Å². The van der Waals surface area contributed by atoms with Crippen LogP contribution in [0.1, 0.15) is 5.82 Å². The first-order valence-corrected chi connectivity index (χ1v) is 5.58. The fourth-order valence-corrected chi connectivity index (χ4v) is 1.72. The molecule has 21 heavy (non-hydrogen) atoms. The molecule has 0 saturated heterocycles. The van der Waals surface area contributed by atoms with Crippen molar-refractivity contribution in [2.75, 3.05) is 5.73 Å². The van der Waals surface area contributed by atoms with Gasteiger partial charge in [0.2, 0.25) is 5.82 Å². The number of anilines is 1. The molecule has 0 radical (unpaired) electrons. The predicted octanol–water partition coefficient (Wildman–Crippen LogP) is 1.05. The molecule has 0 aliphatic heterocycles. The van der Waals surface area contributed by atoms with Crippen molar-refractivity contribution < 1.29 is 13.2 Å². The molecular formula is C10H7F3N8. The Balaban J connectivity index is 2.13. The quantitative estimate of drug-likeness (QED) is 0.684. The Labute approximate surface area is 114 Å². The molecule has 0 bridgehead atoms. The van der Waals surface area contributed by atoms with E-state index < -0.39 is 12.0 Å². The summed E-state index contributed by atoms with van der Waals surface area (Å²) >= 11 is 0. The second kappa shape index (κ2) is 4.54. The van der Waals surface area contributed by atoms with Gasteiger partial charge in [0.05, 0.1) is 11.3 Å². The van der Waals surface area contributed by atoms with E-state index in [2.05, 4.69) is 30.7 Å². The van der Waals surface area contributed by atoms with E-state index in [1.165, 1.54) is 18.2 Å². The van der Waals surface area contributed by atoms with E-state index in [0.717, 1.165) is 11.0 Å². The van der Waals surface area contributed by atoms with Gasteiger partial charge in [-0.15, -0.1) is 15.3 Å². The van der Waals surface area contributed by atoms with Crippen LogP contribution in [0.15, 0.2) is 24.5 Å². The van der Waals surface area contributed by atoms with Crippen molar-refractivity contribution in [2.45, 2.75) is 6.18 Å². The molecule has 0 atom stereocenters. The number of nitrogens with one attached hydrogen (secondary N) is 1. The lowest BCUT2D eigenvalue weighted by molar-refractivity contribution is -0.144. The van der Waals surface area contributed by atoms with Crippen LogP contribution < -0.4 is 5.73 Å². The third kappa shape index (κ3) is 2.40. The number of benzene rings is 1. The molecular weight excluding hydrogens is 289 g/mol. The first-order chi connectivity index (χ1) is 9.95. The van der Waals surface area contributed by atoms with Crippen molar-refractivity contribution in [3.8, 4) is 17.1 Å². The highest BCUT2D eigenvalue weighted by Gasteiger charge is 2.36. The summed E-state index contributed by atoms with van der Waals surface area (Å²) in [4.78, 5) is 3.24. The average Bonchev–Trinajstić information content (AvgIpc) is 3.09. The van der Waals surface area contributed by atoms with Crippen LogP contribution in [-0.4, -0.2) is 35.4 Å². The Kier molecular flexibility index (Phi) is 2.82. The van der Waals surface area contributed by atoms with Crippen LogP contribution in [0, 0.1) is 0 Å². The zero-order chi connectivity index (χ0) is 15.0. The summed E-state index contributed by atoms with van der Waals surface area (Å²) in [6, 6.07) is 4.53. The average molecular weight is 296 g/mol. The third-order valence-electron chi connectivity index (χ3n) is 2.60. The van der Waals surface area contributed by atoms with Gasteiger partial charge in [0, 0.05) is 5.69 Å². The van der Waals surface area contributed by atoms with E-state index in [4.69, 9.17) is 5.73 Å². The van der Waals surface area contributed by atoms with E-state index in [1.54, 1.807) is 0 Å². The monoisotopic (exact) mass is 296 g/mol. The summed E-state index contributed by atoms with van der Waals surface area (Å²) in [7, 11) is 0. The van der Waals surface area contributed by atoms with Crippen LogP contribution in [0.25, 0.3) is 17.1 Å². The fraction of sp³-hybridized carbons (Fsp3) is 0.100. The van der Waals surface area contributed by atoms with Gasteiger partial charge >= 0.3 is 6.18 Å². The van der Waals surface area contributed by atoms with Crippen LogP contribution in [0.5, 0.6) is 0 Å². The molecule has 3 aromatic rings. The number of nitrogens with two attached hydrogens (primary N) is 1. The van der Waals surface area contributed by atoms with Gasteiger partial charge in [-0.1, -0.05) is 0 Å². The summed E-state index contributed by atoms with van der Waals surface area (Å²) in [5, 5.41) is 16.6. The number of halogens is 3. The third-order valence-corrected chi connectivity index (χ3v) is 2.60. The van der Waals surface area contributed by atoms with Crippen LogP contribution in [0.3, 0.4) is 0 Å². The zero-order valence-corrected chi connectivity index (χ0v) is 10.2. The van der Waals surface area contributed by atoms with E-state index in [1.807, 2.05) is 0 Å². The molecule has 108 valence electrons. The Morgan fingerprint density at radius 1 is 1.24 bits per heavy atom. The molecule has 3 rings (SSSR count). The Bertz CT molecular complexity index is 761. The maximum absolute atomic E-state index is 12.6. The largest absolute Gasteiger partial charge is 0.453 e. The molecule has 0 aliphatic rings. The van der Waals surface area contributed by atoms with Gasteiger partial charge < -0.3 is 5.73 Å². The fourth-order valence-electron chi connectivity index (χ4n) is 1.72. The number of aromatic nitrogens is 7. The van der Waals surface area contributed by atoms with E-state index in [9.17, 15) is 13.2 Å². The minimum Gasteiger partial charge on any atom is -0.399 e. The normalized spacial score (nSPS) is 11.8. The summed E-state index contributed by atoms with van der Waals surface area (Å²) < 4.78 is 38.7. The van der Waals surface area contributed by atoms with E-state index >= 15 is 0 Å². The molecule has 3 N–H and O–H groups in total. The number of tetrazole rings is 1. The minimum absolute atomic E-state index is 0.182. The number of rotatable bonds is 2. The first-order valence-electron chi connectivity index (χ1n) is 5.58. The summed E-state index contributed by atoms with van der Waals surface area (Å²) in [6.07, 6.45) is -3.66. The van der Waals surface area contributed by atoms with Gasteiger partial charge in [-0.25, -0.2) is 9.67 Å². The maximum atomic E-state index is 12.6. The number of aromatic amines is 1. The van der Waals surface area contributed by atoms with E-state index in [-0.39, 0.29) is 5.82 Å². The molecule has 0 aliphatic carbocycles. The van der Waals surface area contributed by atoms with Crippen LogP contribution in [-0.2, 0) is 6.18 Å². The maximum Gasteiger partial charge on any atom is 0.453 e. The second-order valence-electron chi connectivity index (χ2n) is 4.02. The molecule has 2 aromatic heterocycles. The van der Waals surface area contributed by atoms with Crippen molar-refractivity contribution >= 4 is 5.69 Å². The second-order valence-corrected chi connectivity index (χ2v) is 4.02. The SMILES string of the molecule is Nc1ccc(-n2cnc(C(F)(F)F)n2)c(-c2nn[nH]n2)c1. The molecule has 11 heteroatoms. The lowest BCUT2D eigenvalue weighted by Crippen LogP contribution is -2.09. The number of nitrogens with zero attached hydrogens (tertiary/aromatic N) is 6. The number of alkyl halides is 3. The molecule has 0 amide bonds. The Morgan fingerprint density at radius 2 is 2.05 bits per heavy atom. The van der Waals surface area contributed by atoms with Crippen molar-refractivity contribution in [2.24, 2.45) is 0 Å². The summed E-state index contributed by atoms with van der Waals surface area (Å²) in [5.74, 6) is -1.06. The highest BCUT2D eigenvalue weighted by Crippen LogP contribution is 2.28. The van der Waals surface area contributed by atoms with Gasteiger partial charge in [0.15, 0.2) is 0 Å². The molecule has 8 nitrogen and oxygen atoms in total. The minimum atomic E-state index is -4.62. The van der Waals surface area contributed by atoms with Crippen LogP contribution in [0.4, 0.5) is 18.9 Å². The topological polar surface area (TPSA) is 111 Å². The van der Waals surface area contributed by atoms with Crippen LogP contribution >= 0.6 is 0 Å². The smallest absolute Gasteiger partial charge is 0.399 e. The lowest BCUT2D eigenvalue weighted by Gasteiger charge is -2.07. The molecule has 2 heterocycles. The molecule has 0 spiro atoms. The molecule has 0 fully saturated rings. The first kappa shape index (κ1) is 13.0. The molecule has 0 saturated carbocycles. The van der Waals surface area contributed by atoms with Crippen molar-refractivity contribution in [1.82, 2.24) is 35.4 Å². The number of H-pyrrole nitrogens is 1. The predicted molar refractivity (Wildman–Crippen MR) is 63.9 cm³/mol. The molecule has 1 aromatic carbocycles. The molecule has 0 unspecified atom stereocenters. The van der Waals surface area contributed by atoms with Gasteiger partial charge in [-0.05, 0) is 23.4 Å². The number of hydrogen-bond acceptors (Lipinski definition) is 6. The Hall–Kier alpha value is -2.98. The van der Waals surface area contributed by atoms with Gasteiger partial charge in [0.25, 0.3) is 5.82 Å². The lowest BCUT2D eigenvalue weighted by atomic mass is 10.1. The summed E-state index contributed by atoms with van der Waals surface area (Å²) in [5.41, 5.74) is 6.75. The van der Waals surface area contributed by atoms with Crippen molar-refractivity contribution in [1.29, 1.82) is 0 Å². The summed E-state index contributed by atoms with van der Waals surface area (Å²) in [6.45, 7) is 0. The highest BCUT2D eigenvalue weighted by molar-refractivity contribution is 5.71. The highest BCUT2D eigenvalue weighted by atomic mass is 19.4. The zero-order valence-electron chi connectivity index (χ0n) is 10.2. The van der Waals surface area contributed by atoms with Gasteiger partial charge in [-0.3, -0.25) is 0 Å². The van der Waals surface area contributed by atoms with Gasteiger partial charge in [0.1, 0.15) is 6.33 Å². The standard InChI is InChI=1S/C10H7F3N8/c11-10(12,13)9-15-4-21(18-9)7-2-1-5(14)3-6(7)8-16-19-20-17-8/h1-4H,14H2,(H,16,17,19,20). The van der Waals surface area contributed by atoms with Crippen LogP contribution in [0.2, 0.25) is 0 Å². The van der Waals surface area contributed by atoms with Gasteiger partial charge in [-0.2, -0.15) is 18.4 Å². The number of nitrogen functional groups attached to an aromatic ring is 1. The Morgan fingerprint density at radius 3 is 2.67 bits per heavy atom. The van der Waals surface area contributed by atoms with Crippen molar-refractivity contribution in [3.05, 3.63) is 30.4 Å². The number of hydrogen-bond donors (Lipinski definition) is 2. The van der Waals surface area contributed by atoms with Crippen molar-refractivity contribution in [3.63, 3.8) is 0 Å².